The van der Waals surface area contributed by atoms with Gasteiger partial charge < -0.3 is 15.1 Å². The van der Waals surface area contributed by atoms with Crippen molar-refractivity contribution >= 4 is 40.2 Å². The predicted octanol–water partition coefficient (Wildman–Crippen LogP) is 3.94. The fourth-order valence-electron chi connectivity index (χ4n) is 2.48. The van der Waals surface area contributed by atoms with Crippen molar-refractivity contribution in [2.24, 2.45) is 0 Å². The molecule has 1 aliphatic rings. The van der Waals surface area contributed by atoms with Gasteiger partial charge in [0.1, 0.15) is 5.69 Å². The van der Waals surface area contributed by atoms with Gasteiger partial charge in [-0.3, -0.25) is 10.1 Å². The summed E-state index contributed by atoms with van der Waals surface area (Å²) in [7, 11) is 7.63. The van der Waals surface area contributed by atoms with E-state index in [2.05, 4.69) is 16.3 Å². The van der Waals surface area contributed by atoms with Crippen LogP contribution in [0.15, 0.2) is 40.1 Å². The Morgan fingerprint density at radius 1 is 1.00 bits per heavy atom. The maximum atomic E-state index is 11.3. The summed E-state index contributed by atoms with van der Waals surface area (Å²) >= 11 is 1.63. The summed E-state index contributed by atoms with van der Waals surface area (Å²) in [6, 6.07) is 9.63. The van der Waals surface area contributed by atoms with E-state index >= 15 is 0 Å². The van der Waals surface area contributed by atoms with Gasteiger partial charge in [-0.05, 0) is 24.3 Å². The third-order valence-electron chi connectivity index (χ3n) is 3.73. The van der Waals surface area contributed by atoms with E-state index in [1.165, 1.54) is 0 Å². The van der Waals surface area contributed by atoms with Gasteiger partial charge in [0.15, 0.2) is 0 Å². The van der Waals surface area contributed by atoms with E-state index in [0.717, 1.165) is 26.9 Å². The maximum Gasteiger partial charge on any atom is 0.294 e. The minimum atomic E-state index is -0.341. The Kier molecular flexibility index (Phi) is 3.81. The molecule has 0 unspecified atom stereocenters. The molecule has 0 aromatic heterocycles. The Morgan fingerprint density at radius 2 is 1.70 bits per heavy atom. The van der Waals surface area contributed by atoms with Gasteiger partial charge in [0.05, 0.1) is 16.3 Å². The first-order valence-electron chi connectivity index (χ1n) is 7.13. The normalized spacial score (nSPS) is 12.0. The van der Waals surface area contributed by atoms with Crippen molar-refractivity contribution in [1.29, 1.82) is 0 Å². The van der Waals surface area contributed by atoms with Gasteiger partial charge >= 0.3 is 0 Å². The lowest BCUT2D eigenvalue weighted by Crippen LogP contribution is -2.12. The highest BCUT2D eigenvalue weighted by molar-refractivity contribution is 7.99. The topological polar surface area (TPSA) is 61.7 Å². The summed E-state index contributed by atoms with van der Waals surface area (Å²) in [5, 5.41) is 14.6. The van der Waals surface area contributed by atoms with Gasteiger partial charge in [0.2, 0.25) is 0 Å². The van der Waals surface area contributed by atoms with Crippen molar-refractivity contribution in [3.8, 4) is 0 Å². The molecule has 2 aromatic rings. The molecule has 0 aliphatic carbocycles. The first kappa shape index (κ1) is 15.5. The number of hydrogen-bond donors (Lipinski definition) is 1. The number of hydrogen-bond acceptors (Lipinski definition) is 6. The predicted molar refractivity (Wildman–Crippen MR) is 95.6 cm³/mol. The first-order valence-corrected chi connectivity index (χ1v) is 7.94. The highest BCUT2D eigenvalue weighted by Gasteiger charge is 2.24. The molecule has 23 heavy (non-hydrogen) atoms. The number of nitro benzene ring substituents is 1. The van der Waals surface area contributed by atoms with Crippen LogP contribution in [0.4, 0.5) is 28.4 Å². The summed E-state index contributed by atoms with van der Waals surface area (Å²) in [5.41, 5.74) is 3.58. The van der Waals surface area contributed by atoms with Gasteiger partial charge in [0, 0.05) is 49.7 Å². The molecule has 0 radical (unpaired) electrons. The molecular weight excluding hydrogens is 312 g/mol. The molecule has 0 saturated carbocycles. The van der Waals surface area contributed by atoms with Crippen LogP contribution in [0.5, 0.6) is 0 Å². The SMILES string of the molecule is CN(C)c1ccc2c(c1)Sc1cc(N(C)C)c([N+](=O)[O-])cc1N2. The Labute approximate surface area is 139 Å². The van der Waals surface area contributed by atoms with E-state index in [1.54, 1.807) is 22.7 Å². The fraction of sp³-hybridized carbons (Fsp3) is 0.250. The van der Waals surface area contributed by atoms with Gasteiger partial charge in [-0.15, -0.1) is 0 Å². The van der Waals surface area contributed by atoms with Crippen LogP contribution >= 0.6 is 11.8 Å². The summed E-state index contributed by atoms with van der Waals surface area (Å²) in [5.74, 6) is 0. The molecule has 2 aromatic carbocycles. The summed E-state index contributed by atoms with van der Waals surface area (Å²) in [4.78, 5) is 16.9. The van der Waals surface area contributed by atoms with Gasteiger partial charge in [-0.1, -0.05) is 11.8 Å². The van der Waals surface area contributed by atoms with Crippen molar-refractivity contribution in [1.82, 2.24) is 0 Å². The van der Waals surface area contributed by atoms with E-state index in [-0.39, 0.29) is 10.6 Å². The smallest absolute Gasteiger partial charge is 0.294 e. The Morgan fingerprint density at radius 3 is 2.30 bits per heavy atom. The zero-order valence-electron chi connectivity index (χ0n) is 13.5. The lowest BCUT2D eigenvalue weighted by molar-refractivity contribution is -0.384. The monoisotopic (exact) mass is 330 g/mol. The number of benzene rings is 2. The lowest BCUT2D eigenvalue weighted by atomic mass is 10.2. The third-order valence-corrected chi connectivity index (χ3v) is 4.84. The first-order chi connectivity index (χ1) is 10.9. The molecule has 1 heterocycles. The van der Waals surface area contributed by atoms with E-state index < -0.39 is 0 Å². The molecule has 6 nitrogen and oxygen atoms in total. The van der Waals surface area contributed by atoms with Crippen LogP contribution in [0.1, 0.15) is 0 Å². The quantitative estimate of drug-likeness (QED) is 0.580. The van der Waals surface area contributed by atoms with Crippen molar-refractivity contribution < 1.29 is 4.92 Å². The van der Waals surface area contributed by atoms with E-state index in [4.69, 9.17) is 0 Å². The second-order valence-electron chi connectivity index (χ2n) is 5.79. The molecular formula is C16H18N4O2S. The van der Waals surface area contributed by atoms with Crippen LogP contribution in [0.2, 0.25) is 0 Å². The summed E-state index contributed by atoms with van der Waals surface area (Å²) in [6.07, 6.45) is 0. The molecule has 120 valence electrons. The molecule has 7 heteroatoms. The minimum absolute atomic E-state index is 0.107. The Bertz CT molecular complexity index is 790. The van der Waals surface area contributed by atoms with Crippen molar-refractivity contribution in [3.63, 3.8) is 0 Å². The van der Waals surface area contributed by atoms with Crippen LogP contribution in [-0.2, 0) is 0 Å². The van der Waals surface area contributed by atoms with Crippen LogP contribution in [0.3, 0.4) is 0 Å². The van der Waals surface area contributed by atoms with E-state index in [1.807, 2.05) is 46.4 Å². The average Bonchev–Trinajstić information content (AvgIpc) is 2.50. The van der Waals surface area contributed by atoms with Crippen LogP contribution in [-0.4, -0.2) is 33.1 Å². The molecule has 0 amide bonds. The lowest BCUT2D eigenvalue weighted by Gasteiger charge is -2.24. The van der Waals surface area contributed by atoms with Crippen molar-refractivity contribution in [2.45, 2.75) is 9.79 Å². The number of nitrogens with one attached hydrogen (secondary N) is 1. The second-order valence-corrected chi connectivity index (χ2v) is 6.87. The fourth-order valence-corrected chi connectivity index (χ4v) is 3.52. The Hall–Kier alpha value is -2.41. The third kappa shape index (κ3) is 2.79. The van der Waals surface area contributed by atoms with E-state index in [0.29, 0.717) is 5.69 Å². The molecule has 0 spiro atoms. The number of nitro groups is 1. The van der Waals surface area contributed by atoms with Crippen LogP contribution in [0, 0.1) is 10.1 Å². The molecule has 0 atom stereocenters. The van der Waals surface area contributed by atoms with Crippen molar-refractivity contribution in [3.05, 3.63) is 40.4 Å². The van der Waals surface area contributed by atoms with Gasteiger partial charge in [0.25, 0.3) is 5.69 Å². The highest BCUT2D eigenvalue weighted by atomic mass is 32.2. The standard InChI is InChI=1S/C16H18N4O2S/c1-18(2)10-5-6-11-15(7-10)23-16-9-13(19(3)4)14(20(21)22)8-12(16)17-11/h5-9,17H,1-4H3. The number of fused-ring (bicyclic) bond motifs is 2. The minimum Gasteiger partial charge on any atom is -0.378 e. The number of rotatable bonds is 3. The van der Waals surface area contributed by atoms with Crippen LogP contribution in [0.25, 0.3) is 0 Å². The number of nitrogens with zero attached hydrogens (tertiary/aromatic N) is 3. The highest BCUT2D eigenvalue weighted by Crippen LogP contribution is 2.48. The van der Waals surface area contributed by atoms with Crippen LogP contribution < -0.4 is 15.1 Å². The molecule has 1 aliphatic heterocycles. The molecule has 3 rings (SSSR count). The molecule has 0 bridgehead atoms. The molecule has 0 fully saturated rings. The van der Waals surface area contributed by atoms with Crippen molar-refractivity contribution in [2.75, 3.05) is 43.3 Å². The van der Waals surface area contributed by atoms with E-state index in [9.17, 15) is 10.1 Å². The average molecular weight is 330 g/mol. The van der Waals surface area contributed by atoms with Gasteiger partial charge in [-0.2, -0.15) is 0 Å². The second kappa shape index (κ2) is 5.66. The largest absolute Gasteiger partial charge is 0.378 e. The zero-order valence-corrected chi connectivity index (χ0v) is 14.3. The zero-order chi connectivity index (χ0) is 16.7. The molecule has 1 N–H and O–H groups in total. The van der Waals surface area contributed by atoms with Gasteiger partial charge in [-0.25, -0.2) is 0 Å². The number of anilines is 4. The molecule has 0 saturated heterocycles. The maximum absolute atomic E-state index is 11.3. The summed E-state index contributed by atoms with van der Waals surface area (Å²) in [6.45, 7) is 0. The Balaban J connectivity index is 2.07. The summed E-state index contributed by atoms with van der Waals surface area (Å²) < 4.78 is 0.